The number of benzene rings is 2. The zero-order valence-electron chi connectivity index (χ0n) is 17.1. The van der Waals surface area contributed by atoms with Gasteiger partial charge in [-0.1, -0.05) is 17.7 Å². The molecule has 156 valence electrons. The van der Waals surface area contributed by atoms with Crippen LogP contribution in [-0.2, 0) is 9.53 Å². The minimum Gasteiger partial charge on any atom is -0.493 e. The largest absolute Gasteiger partial charge is 0.493 e. The third-order valence-electron chi connectivity index (χ3n) is 4.36. The van der Waals surface area contributed by atoms with Gasteiger partial charge in [0.15, 0.2) is 23.8 Å². The molecule has 30 heavy (non-hydrogen) atoms. The normalized spacial score (nSPS) is 10.4. The number of fused-ring (bicyclic) bond motifs is 1. The lowest BCUT2D eigenvalue weighted by molar-refractivity contribution is -0.118. The molecule has 8 nitrogen and oxygen atoms in total. The molecule has 0 aliphatic rings. The van der Waals surface area contributed by atoms with Gasteiger partial charge in [0.1, 0.15) is 5.75 Å². The molecular weight excluding hydrogens is 388 g/mol. The molecule has 1 heterocycles. The maximum absolute atomic E-state index is 12.3. The van der Waals surface area contributed by atoms with Crippen LogP contribution in [0.15, 0.2) is 42.5 Å². The van der Waals surface area contributed by atoms with E-state index in [1.54, 1.807) is 12.1 Å². The Morgan fingerprint density at radius 2 is 1.60 bits per heavy atom. The van der Waals surface area contributed by atoms with Crippen molar-refractivity contribution in [2.45, 2.75) is 6.92 Å². The molecule has 0 spiro atoms. The summed E-state index contributed by atoms with van der Waals surface area (Å²) in [7, 11) is 4.27. The summed E-state index contributed by atoms with van der Waals surface area (Å²) in [5.74, 6) is 0.235. The monoisotopic (exact) mass is 410 g/mol. The Bertz CT molecular complexity index is 1080. The number of hydrogen-bond acceptors (Lipinski definition) is 7. The molecule has 0 atom stereocenters. The number of aryl methyl sites for hydroxylation is 1. The van der Waals surface area contributed by atoms with Crippen LogP contribution < -0.4 is 19.5 Å². The van der Waals surface area contributed by atoms with Gasteiger partial charge in [-0.3, -0.25) is 4.79 Å². The number of rotatable bonds is 7. The maximum Gasteiger partial charge on any atom is 0.356 e. The number of anilines is 1. The summed E-state index contributed by atoms with van der Waals surface area (Å²) in [6.45, 7) is 1.70. The number of nitrogens with zero attached hydrogens (tertiary/aromatic N) is 1. The molecule has 1 aromatic heterocycles. The molecule has 3 rings (SSSR count). The van der Waals surface area contributed by atoms with E-state index in [0.717, 1.165) is 5.56 Å². The number of nitrogens with one attached hydrogen (secondary N) is 1. The average molecular weight is 410 g/mol. The van der Waals surface area contributed by atoms with Crippen molar-refractivity contribution in [2.75, 3.05) is 33.3 Å². The Labute approximate surface area is 173 Å². The van der Waals surface area contributed by atoms with Crippen molar-refractivity contribution in [3.05, 3.63) is 53.7 Å². The third-order valence-corrected chi connectivity index (χ3v) is 4.36. The SMILES string of the molecule is COC(=O)c1cc(OCC(=O)Nc2ccc(C)cc2)c2cc(OC)c(OC)cc2n1. The topological polar surface area (TPSA) is 96.0 Å². The second kappa shape index (κ2) is 9.13. The first-order chi connectivity index (χ1) is 14.4. The van der Waals surface area contributed by atoms with E-state index in [0.29, 0.717) is 33.8 Å². The molecular formula is C22H22N2O6. The van der Waals surface area contributed by atoms with Gasteiger partial charge in [-0.25, -0.2) is 9.78 Å². The lowest BCUT2D eigenvalue weighted by Crippen LogP contribution is -2.20. The van der Waals surface area contributed by atoms with Gasteiger partial charge in [0.25, 0.3) is 5.91 Å². The van der Waals surface area contributed by atoms with Gasteiger partial charge < -0.3 is 24.3 Å². The minimum atomic E-state index is -0.624. The van der Waals surface area contributed by atoms with Crippen molar-refractivity contribution in [1.29, 1.82) is 0 Å². The highest BCUT2D eigenvalue weighted by molar-refractivity contribution is 5.96. The number of methoxy groups -OCH3 is 3. The highest BCUT2D eigenvalue weighted by Crippen LogP contribution is 2.36. The Balaban J connectivity index is 1.90. The van der Waals surface area contributed by atoms with Crippen molar-refractivity contribution in [2.24, 2.45) is 0 Å². The second-order valence-electron chi connectivity index (χ2n) is 6.42. The molecule has 0 saturated carbocycles. The lowest BCUT2D eigenvalue weighted by Gasteiger charge is -2.14. The quantitative estimate of drug-likeness (QED) is 0.597. The van der Waals surface area contributed by atoms with Crippen molar-refractivity contribution < 1.29 is 28.5 Å². The van der Waals surface area contributed by atoms with E-state index >= 15 is 0 Å². The van der Waals surface area contributed by atoms with Crippen LogP contribution >= 0.6 is 0 Å². The molecule has 1 N–H and O–H groups in total. The fourth-order valence-corrected chi connectivity index (χ4v) is 2.83. The zero-order valence-corrected chi connectivity index (χ0v) is 17.1. The molecule has 8 heteroatoms. The molecule has 0 aliphatic carbocycles. The molecule has 0 aliphatic heterocycles. The number of carbonyl (C=O) groups excluding carboxylic acids is 2. The first-order valence-corrected chi connectivity index (χ1v) is 9.09. The van der Waals surface area contributed by atoms with Gasteiger partial charge in [-0.15, -0.1) is 0 Å². The van der Waals surface area contributed by atoms with E-state index < -0.39 is 5.97 Å². The molecule has 0 fully saturated rings. The summed E-state index contributed by atoms with van der Waals surface area (Å²) in [4.78, 5) is 28.6. The van der Waals surface area contributed by atoms with E-state index in [1.165, 1.54) is 27.4 Å². The van der Waals surface area contributed by atoms with Gasteiger partial charge >= 0.3 is 5.97 Å². The number of esters is 1. The Hall–Kier alpha value is -3.81. The summed E-state index contributed by atoms with van der Waals surface area (Å²) in [6.07, 6.45) is 0. The molecule has 3 aromatic rings. The van der Waals surface area contributed by atoms with E-state index in [9.17, 15) is 9.59 Å². The minimum absolute atomic E-state index is 0.0474. The van der Waals surface area contributed by atoms with Crippen LogP contribution in [0.5, 0.6) is 17.2 Å². The molecule has 0 unspecified atom stereocenters. The number of pyridine rings is 1. The van der Waals surface area contributed by atoms with Gasteiger partial charge in [0.05, 0.1) is 26.8 Å². The fourth-order valence-electron chi connectivity index (χ4n) is 2.83. The predicted molar refractivity (Wildman–Crippen MR) is 111 cm³/mol. The molecule has 0 bridgehead atoms. The smallest absolute Gasteiger partial charge is 0.356 e. The summed E-state index contributed by atoms with van der Waals surface area (Å²) >= 11 is 0. The van der Waals surface area contributed by atoms with Gasteiger partial charge in [-0.2, -0.15) is 0 Å². The van der Waals surface area contributed by atoms with Crippen LogP contribution in [0.3, 0.4) is 0 Å². The number of hydrogen-bond donors (Lipinski definition) is 1. The van der Waals surface area contributed by atoms with Crippen molar-refractivity contribution in [3.8, 4) is 17.2 Å². The van der Waals surface area contributed by atoms with Crippen LogP contribution in [0.25, 0.3) is 10.9 Å². The molecule has 1 amide bonds. The van der Waals surface area contributed by atoms with Crippen LogP contribution in [-0.4, -0.2) is 44.8 Å². The summed E-state index contributed by atoms with van der Waals surface area (Å²) < 4.78 is 21.1. The standard InChI is InChI=1S/C22H22N2O6/c1-13-5-7-14(8-6-13)23-21(25)12-30-18-11-17(22(26)29-4)24-16-10-20(28-3)19(27-2)9-15(16)18/h5-11H,12H2,1-4H3,(H,23,25). The van der Waals surface area contributed by atoms with Crippen LogP contribution in [0.2, 0.25) is 0 Å². The first kappa shape index (κ1) is 20.9. The van der Waals surface area contributed by atoms with E-state index in [-0.39, 0.29) is 18.2 Å². The van der Waals surface area contributed by atoms with Crippen molar-refractivity contribution in [3.63, 3.8) is 0 Å². The Morgan fingerprint density at radius 1 is 0.933 bits per heavy atom. The van der Waals surface area contributed by atoms with Crippen LogP contribution in [0.4, 0.5) is 5.69 Å². The highest BCUT2D eigenvalue weighted by atomic mass is 16.5. The molecule has 0 radical (unpaired) electrons. The number of ether oxygens (including phenoxy) is 4. The zero-order chi connectivity index (χ0) is 21.7. The Kier molecular flexibility index (Phi) is 6.36. The summed E-state index contributed by atoms with van der Waals surface area (Å²) in [5.41, 5.74) is 2.23. The number of amides is 1. The van der Waals surface area contributed by atoms with Crippen LogP contribution in [0, 0.1) is 6.92 Å². The van der Waals surface area contributed by atoms with Crippen LogP contribution in [0.1, 0.15) is 16.1 Å². The lowest BCUT2D eigenvalue weighted by atomic mass is 10.1. The van der Waals surface area contributed by atoms with E-state index in [4.69, 9.17) is 18.9 Å². The number of aromatic nitrogens is 1. The van der Waals surface area contributed by atoms with Gasteiger partial charge in [0, 0.05) is 23.2 Å². The average Bonchev–Trinajstić information content (AvgIpc) is 2.77. The second-order valence-corrected chi connectivity index (χ2v) is 6.42. The highest BCUT2D eigenvalue weighted by Gasteiger charge is 2.17. The molecule has 0 saturated heterocycles. The van der Waals surface area contributed by atoms with Gasteiger partial charge in [0.2, 0.25) is 0 Å². The predicted octanol–water partition coefficient (Wildman–Crippen LogP) is 3.36. The van der Waals surface area contributed by atoms with E-state index in [2.05, 4.69) is 10.3 Å². The number of carbonyl (C=O) groups is 2. The fraction of sp³-hybridized carbons (Fsp3) is 0.227. The maximum atomic E-state index is 12.3. The van der Waals surface area contributed by atoms with Crippen molar-refractivity contribution >= 4 is 28.5 Å². The summed E-state index contributed by atoms with van der Waals surface area (Å²) in [5, 5.41) is 3.32. The first-order valence-electron chi connectivity index (χ1n) is 9.09. The Morgan fingerprint density at radius 3 is 2.23 bits per heavy atom. The summed E-state index contributed by atoms with van der Waals surface area (Å²) in [6, 6.07) is 12.1. The third kappa shape index (κ3) is 4.60. The van der Waals surface area contributed by atoms with Crippen molar-refractivity contribution in [1.82, 2.24) is 4.98 Å². The van der Waals surface area contributed by atoms with E-state index in [1.807, 2.05) is 31.2 Å². The molecule has 2 aromatic carbocycles. The van der Waals surface area contributed by atoms with Gasteiger partial charge in [-0.05, 0) is 25.1 Å².